The minimum absolute atomic E-state index is 0.314. The van der Waals surface area contributed by atoms with Gasteiger partial charge in [0.05, 0.1) is 0 Å². The molecule has 0 amide bonds. The third kappa shape index (κ3) is 1.80. The highest BCUT2D eigenvalue weighted by molar-refractivity contribution is 5.83. The van der Waals surface area contributed by atoms with E-state index in [4.69, 9.17) is 0 Å². The summed E-state index contributed by atoms with van der Waals surface area (Å²) in [6.45, 7) is 9.14. The van der Waals surface area contributed by atoms with E-state index in [0.29, 0.717) is 40.3 Å². The van der Waals surface area contributed by atoms with Crippen LogP contribution in [0, 0.1) is 34.5 Å². The van der Waals surface area contributed by atoms with E-state index in [1.165, 1.54) is 63.4 Å². The fourth-order valence-electron chi connectivity index (χ4n) is 7.37. The van der Waals surface area contributed by atoms with Crippen LogP contribution in [-0.2, 0) is 4.79 Å². The zero-order valence-corrected chi connectivity index (χ0v) is 14.5. The smallest absolute Gasteiger partial charge is 0.136 e. The van der Waals surface area contributed by atoms with E-state index in [1.807, 2.05) is 0 Å². The maximum absolute atomic E-state index is 13.1. The SMILES string of the molecule is C=C(C)[C@@]12CCCC1[C@@H]1C(=O)C[C@@H]3CCCC[C@]3(C)C1CC2. The summed E-state index contributed by atoms with van der Waals surface area (Å²) in [5, 5.41) is 0. The first-order valence-electron chi connectivity index (χ1n) is 9.68. The average molecular weight is 300 g/mol. The van der Waals surface area contributed by atoms with Crippen molar-refractivity contribution in [2.24, 2.45) is 34.5 Å². The van der Waals surface area contributed by atoms with Gasteiger partial charge in [0.2, 0.25) is 0 Å². The van der Waals surface area contributed by atoms with Crippen molar-refractivity contribution >= 4 is 5.78 Å². The summed E-state index contributed by atoms with van der Waals surface area (Å²) in [5.74, 6) is 2.98. The Morgan fingerprint density at radius 3 is 2.64 bits per heavy atom. The Kier molecular flexibility index (Phi) is 3.37. The Morgan fingerprint density at radius 1 is 1.05 bits per heavy atom. The van der Waals surface area contributed by atoms with Crippen molar-refractivity contribution < 1.29 is 4.79 Å². The van der Waals surface area contributed by atoms with Crippen molar-refractivity contribution in [1.29, 1.82) is 0 Å². The minimum Gasteiger partial charge on any atom is -0.299 e. The van der Waals surface area contributed by atoms with E-state index in [0.717, 1.165) is 6.42 Å². The van der Waals surface area contributed by atoms with Gasteiger partial charge in [0, 0.05) is 12.3 Å². The molecule has 0 aromatic carbocycles. The van der Waals surface area contributed by atoms with Crippen LogP contribution in [-0.4, -0.2) is 5.78 Å². The van der Waals surface area contributed by atoms with Crippen LogP contribution < -0.4 is 0 Å². The van der Waals surface area contributed by atoms with Crippen LogP contribution in [0.25, 0.3) is 0 Å². The molecule has 0 heterocycles. The standard InChI is InChI=1S/C21H32O/c1-14(2)21-11-6-8-17(21)19-16(9-12-21)20(3)10-5-4-7-15(20)13-18(19)22/h15-17,19H,1,4-13H2,2-3H3/t15-,16?,17?,19+,20-,21-/m0/s1. The fraction of sp³-hybridized carbons (Fsp3) is 0.857. The molecule has 4 aliphatic rings. The van der Waals surface area contributed by atoms with E-state index >= 15 is 0 Å². The van der Waals surface area contributed by atoms with Crippen LogP contribution in [0.3, 0.4) is 0 Å². The van der Waals surface area contributed by atoms with Crippen LogP contribution in [0.2, 0.25) is 0 Å². The number of carbonyl (C=O) groups is 1. The van der Waals surface area contributed by atoms with Gasteiger partial charge in [-0.2, -0.15) is 0 Å². The van der Waals surface area contributed by atoms with Crippen LogP contribution in [0.5, 0.6) is 0 Å². The molecule has 22 heavy (non-hydrogen) atoms. The van der Waals surface area contributed by atoms with Crippen molar-refractivity contribution in [3.63, 3.8) is 0 Å². The molecule has 0 spiro atoms. The lowest BCUT2D eigenvalue weighted by atomic mass is 9.44. The Hall–Kier alpha value is -0.590. The summed E-state index contributed by atoms with van der Waals surface area (Å²) in [4.78, 5) is 13.1. The van der Waals surface area contributed by atoms with Gasteiger partial charge < -0.3 is 0 Å². The molecule has 1 heteroatoms. The number of fused-ring (bicyclic) bond motifs is 5. The number of allylic oxidation sites excluding steroid dienone is 1. The van der Waals surface area contributed by atoms with E-state index in [9.17, 15) is 4.79 Å². The van der Waals surface area contributed by atoms with Crippen molar-refractivity contribution in [2.45, 2.75) is 78.1 Å². The topological polar surface area (TPSA) is 17.1 Å². The molecule has 2 unspecified atom stereocenters. The summed E-state index contributed by atoms with van der Waals surface area (Å²) in [6, 6.07) is 0. The molecule has 4 aliphatic carbocycles. The van der Waals surface area contributed by atoms with E-state index < -0.39 is 0 Å². The molecule has 0 aliphatic heterocycles. The van der Waals surface area contributed by atoms with Gasteiger partial charge >= 0.3 is 0 Å². The van der Waals surface area contributed by atoms with Gasteiger partial charge in [0.25, 0.3) is 0 Å². The first-order valence-corrected chi connectivity index (χ1v) is 9.68. The Morgan fingerprint density at radius 2 is 1.86 bits per heavy atom. The summed E-state index contributed by atoms with van der Waals surface area (Å²) in [5.41, 5.74) is 2.15. The van der Waals surface area contributed by atoms with Gasteiger partial charge in [-0.15, -0.1) is 0 Å². The molecule has 0 aromatic heterocycles. The number of rotatable bonds is 1. The summed E-state index contributed by atoms with van der Waals surface area (Å²) in [6.07, 6.45) is 12.8. The molecule has 0 aromatic rings. The minimum atomic E-state index is 0.314. The van der Waals surface area contributed by atoms with Crippen molar-refractivity contribution in [1.82, 2.24) is 0 Å². The van der Waals surface area contributed by atoms with E-state index in [1.54, 1.807) is 0 Å². The molecule has 4 fully saturated rings. The van der Waals surface area contributed by atoms with Crippen LogP contribution >= 0.6 is 0 Å². The number of hydrogen-bond donors (Lipinski definition) is 0. The lowest BCUT2D eigenvalue weighted by Gasteiger charge is -2.59. The molecule has 0 saturated heterocycles. The Balaban J connectivity index is 1.72. The highest BCUT2D eigenvalue weighted by Crippen LogP contribution is 2.66. The van der Waals surface area contributed by atoms with Gasteiger partial charge in [-0.05, 0) is 74.0 Å². The number of carbonyl (C=O) groups excluding carboxylic acids is 1. The third-order valence-corrected chi connectivity index (χ3v) is 8.58. The number of Topliss-reactive ketones (excluding diaryl/α,β-unsaturated/α-hetero) is 1. The largest absolute Gasteiger partial charge is 0.299 e. The highest BCUT2D eigenvalue weighted by atomic mass is 16.1. The molecule has 122 valence electrons. The normalized spacial score (nSPS) is 50.9. The second kappa shape index (κ2) is 4.95. The van der Waals surface area contributed by atoms with Gasteiger partial charge in [-0.3, -0.25) is 4.79 Å². The predicted octanol–water partition coefficient (Wildman–Crippen LogP) is 5.54. The number of ketones is 1. The predicted molar refractivity (Wildman–Crippen MR) is 90.5 cm³/mol. The molecule has 0 bridgehead atoms. The molecule has 4 saturated carbocycles. The van der Waals surface area contributed by atoms with Crippen molar-refractivity contribution in [2.75, 3.05) is 0 Å². The molecular formula is C21H32O. The Labute approximate surface area is 135 Å². The van der Waals surface area contributed by atoms with Crippen molar-refractivity contribution in [3.8, 4) is 0 Å². The monoisotopic (exact) mass is 300 g/mol. The van der Waals surface area contributed by atoms with Gasteiger partial charge in [-0.1, -0.05) is 38.3 Å². The summed E-state index contributed by atoms with van der Waals surface area (Å²) < 4.78 is 0. The zero-order chi connectivity index (χ0) is 15.5. The van der Waals surface area contributed by atoms with Gasteiger partial charge in [-0.25, -0.2) is 0 Å². The van der Waals surface area contributed by atoms with Crippen molar-refractivity contribution in [3.05, 3.63) is 12.2 Å². The van der Waals surface area contributed by atoms with Crippen LogP contribution in [0.4, 0.5) is 0 Å². The molecule has 6 atom stereocenters. The second-order valence-corrected chi connectivity index (χ2v) is 9.23. The number of hydrogen-bond acceptors (Lipinski definition) is 1. The fourth-order valence-corrected chi connectivity index (χ4v) is 7.37. The summed E-state index contributed by atoms with van der Waals surface area (Å²) >= 11 is 0. The molecule has 1 nitrogen and oxygen atoms in total. The molecule has 0 N–H and O–H groups in total. The lowest BCUT2D eigenvalue weighted by Crippen LogP contribution is -2.56. The molecular weight excluding hydrogens is 268 g/mol. The first-order chi connectivity index (χ1) is 10.5. The highest BCUT2D eigenvalue weighted by Gasteiger charge is 2.61. The quantitative estimate of drug-likeness (QED) is 0.581. The first kappa shape index (κ1) is 15.0. The van der Waals surface area contributed by atoms with Crippen LogP contribution in [0.1, 0.15) is 78.1 Å². The van der Waals surface area contributed by atoms with Gasteiger partial charge in [0.15, 0.2) is 0 Å². The zero-order valence-electron chi connectivity index (χ0n) is 14.5. The van der Waals surface area contributed by atoms with Crippen LogP contribution in [0.15, 0.2) is 12.2 Å². The van der Waals surface area contributed by atoms with E-state index in [2.05, 4.69) is 20.4 Å². The molecule has 0 radical (unpaired) electrons. The van der Waals surface area contributed by atoms with Gasteiger partial charge in [0.1, 0.15) is 5.78 Å². The lowest BCUT2D eigenvalue weighted by molar-refractivity contribution is -0.152. The molecule has 4 rings (SSSR count). The van der Waals surface area contributed by atoms with E-state index in [-0.39, 0.29) is 0 Å². The maximum atomic E-state index is 13.1. The average Bonchev–Trinajstić information content (AvgIpc) is 2.93. The summed E-state index contributed by atoms with van der Waals surface area (Å²) in [7, 11) is 0. The third-order valence-electron chi connectivity index (χ3n) is 8.58. The maximum Gasteiger partial charge on any atom is 0.136 e. The second-order valence-electron chi connectivity index (χ2n) is 9.23. The Bertz CT molecular complexity index is 506.